The number of hydrogen-bond donors (Lipinski definition) is 1. The first-order chi connectivity index (χ1) is 16.0. The van der Waals surface area contributed by atoms with Gasteiger partial charge in [-0.05, 0) is 60.4 Å². The maximum Gasteiger partial charge on any atom is 0.335 e. The Bertz CT molecular complexity index is 1230. The highest BCUT2D eigenvalue weighted by molar-refractivity contribution is 6.30. The van der Waals surface area contributed by atoms with Gasteiger partial charge in [0, 0.05) is 17.1 Å². The number of rotatable bonds is 9. The lowest BCUT2D eigenvalue weighted by molar-refractivity contribution is 0.0697. The number of aryl methyl sites for hydroxylation is 2. The van der Waals surface area contributed by atoms with Gasteiger partial charge in [-0.3, -0.25) is 4.68 Å². The standard InChI is InChI=1S/C27H25ClN2O3/c1-2-16-33-26-13-10-21(27(31)32)17-23(26)24-18-25(20-8-11-22(28)12-9-20)30(29-24)15-14-19-6-4-3-5-7-19/h3-13,17-18H,2,14-16H2,1H3,(H,31,32). The van der Waals surface area contributed by atoms with Crippen LogP contribution in [0.5, 0.6) is 5.75 Å². The number of halogens is 1. The molecule has 168 valence electrons. The number of ether oxygens (including phenoxy) is 1. The smallest absolute Gasteiger partial charge is 0.335 e. The Kier molecular flexibility index (Phi) is 7.10. The van der Waals surface area contributed by atoms with E-state index in [4.69, 9.17) is 21.4 Å². The van der Waals surface area contributed by atoms with Crippen LogP contribution in [0.25, 0.3) is 22.5 Å². The first kappa shape index (κ1) is 22.6. The van der Waals surface area contributed by atoms with Crippen molar-refractivity contribution in [1.82, 2.24) is 9.78 Å². The molecular formula is C27H25ClN2O3. The lowest BCUT2D eigenvalue weighted by atomic mass is 10.1. The molecule has 0 aliphatic carbocycles. The number of hydrogen-bond acceptors (Lipinski definition) is 3. The van der Waals surface area contributed by atoms with Crippen LogP contribution in [-0.4, -0.2) is 27.5 Å². The van der Waals surface area contributed by atoms with Gasteiger partial charge in [0.1, 0.15) is 5.75 Å². The molecule has 1 aromatic heterocycles. The van der Waals surface area contributed by atoms with Crippen LogP contribution in [0.2, 0.25) is 5.02 Å². The summed E-state index contributed by atoms with van der Waals surface area (Å²) in [4.78, 5) is 11.6. The number of carboxylic acids is 1. The number of carboxylic acid groups (broad SMARTS) is 1. The number of aromatic nitrogens is 2. The average Bonchev–Trinajstić information content (AvgIpc) is 3.26. The van der Waals surface area contributed by atoms with Crippen LogP contribution in [0, 0.1) is 0 Å². The molecule has 0 saturated heterocycles. The van der Waals surface area contributed by atoms with Crippen molar-refractivity contribution in [2.24, 2.45) is 0 Å². The summed E-state index contributed by atoms with van der Waals surface area (Å²) in [6.07, 6.45) is 1.67. The second kappa shape index (κ2) is 10.4. The van der Waals surface area contributed by atoms with Crippen LogP contribution in [0.1, 0.15) is 29.3 Å². The molecule has 1 N–H and O–H groups in total. The van der Waals surface area contributed by atoms with Gasteiger partial charge in [-0.25, -0.2) is 4.79 Å². The minimum Gasteiger partial charge on any atom is -0.493 e. The van der Waals surface area contributed by atoms with E-state index in [1.165, 1.54) is 5.56 Å². The summed E-state index contributed by atoms with van der Waals surface area (Å²) in [5, 5.41) is 15.1. The summed E-state index contributed by atoms with van der Waals surface area (Å²) >= 11 is 6.10. The van der Waals surface area contributed by atoms with Crippen molar-refractivity contribution in [3.63, 3.8) is 0 Å². The van der Waals surface area contributed by atoms with E-state index in [0.29, 0.717) is 35.2 Å². The van der Waals surface area contributed by atoms with Crippen molar-refractivity contribution < 1.29 is 14.6 Å². The van der Waals surface area contributed by atoms with Gasteiger partial charge in [-0.2, -0.15) is 5.10 Å². The summed E-state index contributed by atoms with van der Waals surface area (Å²) in [6.45, 7) is 3.24. The summed E-state index contributed by atoms with van der Waals surface area (Å²) in [5.74, 6) is -0.364. The maximum absolute atomic E-state index is 11.6. The Labute approximate surface area is 198 Å². The largest absolute Gasteiger partial charge is 0.493 e. The van der Waals surface area contributed by atoms with E-state index in [1.807, 2.05) is 60.1 Å². The predicted octanol–water partition coefficient (Wildman–Crippen LogP) is 6.60. The van der Waals surface area contributed by atoms with Crippen LogP contribution in [-0.2, 0) is 13.0 Å². The van der Waals surface area contributed by atoms with E-state index < -0.39 is 5.97 Å². The number of benzene rings is 3. The molecule has 1 heterocycles. The monoisotopic (exact) mass is 460 g/mol. The quantitative estimate of drug-likeness (QED) is 0.305. The van der Waals surface area contributed by atoms with Crippen molar-refractivity contribution in [3.05, 3.63) is 95.0 Å². The molecule has 0 fully saturated rings. The first-order valence-corrected chi connectivity index (χ1v) is 11.3. The fourth-order valence-electron chi connectivity index (χ4n) is 3.65. The first-order valence-electron chi connectivity index (χ1n) is 10.9. The number of carbonyl (C=O) groups is 1. The van der Waals surface area contributed by atoms with Crippen molar-refractivity contribution in [1.29, 1.82) is 0 Å². The summed E-state index contributed by atoms with van der Waals surface area (Å²) in [5.41, 5.74) is 4.66. The topological polar surface area (TPSA) is 64.3 Å². The molecule has 0 spiro atoms. The van der Waals surface area contributed by atoms with Crippen LogP contribution in [0.3, 0.4) is 0 Å². The van der Waals surface area contributed by atoms with Gasteiger partial charge in [0.15, 0.2) is 0 Å². The van der Waals surface area contributed by atoms with E-state index in [-0.39, 0.29) is 5.56 Å². The fourth-order valence-corrected chi connectivity index (χ4v) is 3.78. The lowest BCUT2D eigenvalue weighted by Crippen LogP contribution is -2.05. The Hall–Kier alpha value is -3.57. The molecule has 6 heteroatoms. The normalized spacial score (nSPS) is 10.8. The molecule has 0 unspecified atom stereocenters. The number of aromatic carboxylic acids is 1. The summed E-state index contributed by atoms with van der Waals surface area (Å²) in [6, 6.07) is 24.8. The Morgan fingerprint density at radius 2 is 1.79 bits per heavy atom. The maximum atomic E-state index is 11.6. The highest BCUT2D eigenvalue weighted by Gasteiger charge is 2.17. The van der Waals surface area contributed by atoms with Crippen LogP contribution in [0.4, 0.5) is 0 Å². The van der Waals surface area contributed by atoms with Gasteiger partial charge in [0.2, 0.25) is 0 Å². The van der Waals surface area contributed by atoms with Gasteiger partial charge in [0.05, 0.1) is 23.6 Å². The second-order valence-corrected chi connectivity index (χ2v) is 8.18. The van der Waals surface area contributed by atoms with Crippen molar-refractivity contribution in [2.75, 3.05) is 6.61 Å². The third-order valence-corrected chi connectivity index (χ3v) is 5.59. The summed E-state index contributed by atoms with van der Waals surface area (Å²) in [7, 11) is 0. The van der Waals surface area contributed by atoms with Crippen LogP contribution >= 0.6 is 11.6 Å². The molecule has 0 radical (unpaired) electrons. The van der Waals surface area contributed by atoms with Gasteiger partial charge in [0.25, 0.3) is 0 Å². The average molecular weight is 461 g/mol. The molecule has 5 nitrogen and oxygen atoms in total. The highest BCUT2D eigenvalue weighted by atomic mass is 35.5. The van der Waals surface area contributed by atoms with E-state index in [1.54, 1.807) is 18.2 Å². The Morgan fingerprint density at radius 1 is 1.03 bits per heavy atom. The molecule has 0 atom stereocenters. The molecule has 0 saturated carbocycles. The van der Waals surface area contributed by atoms with Gasteiger partial charge < -0.3 is 9.84 Å². The molecule has 33 heavy (non-hydrogen) atoms. The lowest BCUT2D eigenvalue weighted by Gasteiger charge is -2.10. The zero-order valence-electron chi connectivity index (χ0n) is 18.4. The SMILES string of the molecule is CCCOc1ccc(C(=O)O)cc1-c1cc(-c2ccc(Cl)cc2)n(CCc2ccccc2)n1. The van der Waals surface area contributed by atoms with Crippen molar-refractivity contribution in [2.45, 2.75) is 26.3 Å². The summed E-state index contributed by atoms with van der Waals surface area (Å²) < 4.78 is 7.88. The third-order valence-electron chi connectivity index (χ3n) is 5.34. The molecule has 0 bridgehead atoms. The molecule has 4 aromatic rings. The molecule has 0 aliphatic rings. The van der Waals surface area contributed by atoms with E-state index in [0.717, 1.165) is 24.1 Å². The zero-order chi connectivity index (χ0) is 23.2. The van der Waals surface area contributed by atoms with E-state index >= 15 is 0 Å². The second-order valence-electron chi connectivity index (χ2n) is 7.75. The Morgan fingerprint density at radius 3 is 2.48 bits per heavy atom. The zero-order valence-corrected chi connectivity index (χ0v) is 19.1. The van der Waals surface area contributed by atoms with E-state index in [2.05, 4.69) is 12.1 Å². The Balaban J connectivity index is 1.78. The van der Waals surface area contributed by atoms with Crippen LogP contribution < -0.4 is 4.74 Å². The number of nitrogens with zero attached hydrogens (tertiary/aromatic N) is 2. The van der Waals surface area contributed by atoms with Crippen molar-refractivity contribution in [3.8, 4) is 28.3 Å². The van der Waals surface area contributed by atoms with E-state index in [9.17, 15) is 9.90 Å². The predicted molar refractivity (Wildman–Crippen MR) is 131 cm³/mol. The molecule has 4 rings (SSSR count). The fraction of sp³-hybridized carbons (Fsp3) is 0.185. The minimum atomic E-state index is -0.986. The highest BCUT2D eigenvalue weighted by Crippen LogP contribution is 2.34. The molecule has 0 amide bonds. The third kappa shape index (κ3) is 5.44. The van der Waals surface area contributed by atoms with Crippen LogP contribution in [0.15, 0.2) is 78.9 Å². The van der Waals surface area contributed by atoms with Crippen molar-refractivity contribution >= 4 is 17.6 Å². The molecule has 0 aliphatic heterocycles. The van der Waals surface area contributed by atoms with Gasteiger partial charge in [-0.15, -0.1) is 0 Å². The van der Waals surface area contributed by atoms with Gasteiger partial charge >= 0.3 is 5.97 Å². The van der Waals surface area contributed by atoms with Gasteiger partial charge in [-0.1, -0.05) is 61.0 Å². The molecule has 3 aromatic carbocycles. The molecular weight excluding hydrogens is 436 g/mol. The minimum absolute atomic E-state index is 0.195.